The van der Waals surface area contributed by atoms with Crippen molar-refractivity contribution in [2.75, 3.05) is 6.54 Å². The summed E-state index contributed by atoms with van der Waals surface area (Å²) in [4.78, 5) is 26.8. The number of hydrogen-bond acceptors (Lipinski definition) is 5. The number of amides is 2. The molecule has 1 heterocycles. The lowest BCUT2D eigenvalue weighted by molar-refractivity contribution is -0.144. The van der Waals surface area contributed by atoms with Crippen molar-refractivity contribution in [2.24, 2.45) is 11.8 Å². The molecule has 2 rings (SSSR count). The predicted octanol–water partition coefficient (Wildman–Crippen LogP) is 1.07. The summed E-state index contributed by atoms with van der Waals surface area (Å²) >= 11 is 0. The van der Waals surface area contributed by atoms with Crippen LogP contribution in [0, 0.1) is 18.8 Å². The van der Waals surface area contributed by atoms with Gasteiger partial charge in [-0.05, 0) is 18.8 Å². The first kappa shape index (κ1) is 15.3. The first-order valence-electron chi connectivity index (χ1n) is 7.10. The first-order chi connectivity index (χ1) is 10.1. The fraction of sp³-hybridized carbons (Fsp3) is 0.692. The lowest BCUT2D eigenvalue weighted by Gasteiger charge is -2.28. The van der Waals surface area contributed by atoms with E-state index in [-0.39, 0.29) is 24.4 Å². The Kier molecular flexibility index (Phi) is 5.13. The number of carboxylic acids is 1. The summed E-state index contributed by atoms with van der Waals surface area (Å²) in [6.07, 6.45) is 3.48. The highest BCUT2D eigenvalue weighted by Crippen LogP contribution is 2.29. The fourth-order valence-electron chi connectivity index (χ4n) is 2.64. The number of carbonyl (C=O) groups excluding carboxylic acids is 1. The summed E-state index contributed by atoms with van der Waals surface area (Å²) in [5, 5.41) is 18.2. The molecule has 0 aromatic carbocycles. The smallest absolute Gasteiger partial charge is 0.315 e. The SMILES string of the molecule is Cc1nc(CNC(=O)NCC2CCCCC2C(=O)O)no1. The number of nitrogens with one attached hydrogen (secondary N) is 2. The van der Waals surface area contributed by atoms with Crippen molar-refractivity contribution in [3.8, 4) is 0 Å². The zero-order valence-corrected chi connectivity index (χ0v) is 12.0. The van der Waals surface area contributed by atoms with Crippen molar-refractivity contribution in [1.29, 1.82) is 0 Å². The Balaban J connectivity index is 1.73. The van der Waals surface area contributed by atoms with E-state index in [2.05, 4.69) is 20.8 Å². The van der Waals surface area contributed by atoms with Crippen LogP contribution in [-0.2, 0) is 11.3 Å². The Morgan fingerprint density at radius 3 is 2.76 bits per heavy atom. The van der Waals surface area contributed by atoms with Crippen LogP contribution in [0.5, 0.6) is 0 Å². The Morgan fingerprint density at radius 1 is 1.33 bits per heavy atom. The summed E-state index contributed by atoms with van der Waals surface area (Å²) in [6, 6.07) is -0.354. The van der Waals surface area contributed by atoms with Gasteiger partial charge in [-0.15, -0.1) is 0 Å². The minimum atomic E-state index is -0.774. The zero-order chi connectivity index (χ0) is 15.2. The van der Waals surface area contributed by atoms with Gasteiger partial charge < -0.3 is 20.3 Å². The second-order valence-corrected chi connectivity index (χ2v) is 5.28. The normalized spacial score (nSPS) is 21.8. The van der Waals surface area contributed by atoms with Gasteiger partial charge in [0.2, 0.25) is 5.89 Å². The van der Waals surface area contributed by atoms with Crippen molar-refractivity contribution in [3.05, 3.63) is 11.7 Å². The maximum Gasteiger partial charge on any atom is 0.315 e. The average molecular weight is 296 g/mol. The van der Waals surface area contributed by atoms with E-state index in [0.717, 1.165) is 19.3 Å². The molecule has 0 spiro atoms. The lowest BCUT2D eigenvalue weighted by Crippen LogP contribution is -2.41. The minimum absolute atomic E-state index is 0.00517. The van der Waals surface area contributed by atoms with Crippen molar-refractivity contribution in [3.63, 3.8) is 0 Å². The summed E-state index contributed by atoms with van der Waals surface area (Å²) in [6.45, 7) is 2.22. The molecule has 0 saturated heterocycles. The van der Waals surface area contributed by atoms with Crippen LogP contribution in [0.2, 0.25) is 0 Å². The van der Waals surface area contributed by atoms with E-state index in [1.54, 1.807) is 6.92 Å². The number of nitrogens with zero attached hydrogens (tertiary/aromatic N) is 2. The number of hydrogen-bond donors (Lipinski definition) is 3. The van der Waals surface area contributed by atoms with E-state index in [0.29, 0.717) is 24.7 Å². The summed E-state index contributed by atoms with van der Waals surface area (Å²) in [5.41, 5.74) is 0. The molecule has 0 aliphatic heterocycles. The fourth-order valence-corrected chi connectivity index (χ4v) is 2.64. The molecule has 21 heavy (non-hydrogen) atoms. The van der Waals surface area contributed by atoms with Crippen LogP contribution in [0.15, 0.2) is 4.52 Å². The number of aryl methyl sites for hydroxylation is 1. The molecule has 116 valence electrons. The van der Waals surface area contributed by atoms with Gasteiger partial charge in [0.1, 0.15) is 0 Å². The second kappa shape index (κ2) is 7.05. The van der Waals surface area contributed by atoms with E-state index in [1.807, 2.05) is 0 Å². The van der Waals surface area contributed by atoms with Gasteiger partial charge in [0.25, 0.3) is 0 Å². The van der Waals surface area contributed by atoms with Crippen LogP contribution in [0.3, 0.4) is 0 Å². The van der Waals surface area contributed by atoms with E-state index in [1.165, 1.54) is 0 Å². The molecule has 1 aromatic rings. The minimum Gasteiger partial charge on any atom is -0.481 e. The van der Waals surface area contributed by atoms with Crippen molar-refractivity contribution in [1.82, 2.24) is 20.8 Å². The van der Waals surface area contributed by atoms with Crippen LogP contribution < -0.4 is 10.6 Å². The molecule has 2 unspecified atom stereocenters. The topological polar surface area (TPSA) is 117 Å². The van der Waals surface area contributed by atoms with Crippen LogP contribution in [0.25, 0.3) is 0 Å². The maximum absolute atomic E-state index is 11.7. The Bertz CT molecular complexity index is 502. The summed E-state index contributed by atoms with van der Waals surface area (Å²) < 4.78 is 4.79. The van der Waals surface area contributed by atoms with E-state index < -0.39 is 5.97 Å². The third-order valence-electron chi connectivity index (χ3n) is 3.73. The first-order valence-corrected chi connectivity index (χ1v) is 7.10. The molecular weight excluding hydrogens is 276 g/mol. The third kappa shape index (κ3) is 4.44. The van der Waals surface area contributed by atoms with Gasteiger partial charge in [0.05, 0.1) is 12.5 Å². The second-order valence-electron chi connectivity index (χ2n) is 5.28. The van der Waals surface area contributed by atoms with Crippen molar-refractivity contribution < 1.29 is 19.2 Å². The predicted molar refractivity (Wildman–Crippen MR) is 72.4 cm³/mol. The van der Waals surface area contributed by atoms with Gasteiger partial charge in [0, 0.05) is 13.5 Å². The van der Waals surface area contributed by atoms with Gasteiger partial charge in [-0.2, -0.15) is 4.98 Å². The van der Waals surface area contributed by atoms with E-state index in [9.17, 15) is 14.7 Å². The van der Waals surface area contributed by atoms with Crippen LogP contribution in [0.1, 0.15) is 37.4 Å². The molecule has 1 aliphatic carbocycles. The van der Waals surface area contributed by atoms with E-state index in [4.69, 9.17) is 4.52 Å². The van der Waals surface area contributed by atoms with Crippen molar-refractivity contribution in [2.45, 2.75) is 39.2 Å². The molecule has 1 aromatic heterocycles. The molecule has 2 amide bonds. The highest BCUT2D eigenvalue weighted by Gasteiger charge is 2.30. The quantitative estimate of drug-likeness (QED) is 0.748. The molecule has 8 nitrogen and oxygen atoms in total. The maximum atomic E-state index is 11.7. The van der Waals surface area contributed by atoms with Gasteiger partial charge in [-0.1, -0.05) is 18.0 Å². The standard InChI is InChI=1S/C13H20N4O4/c1-8-16-11(17-21-8)7-15-13(20)14-6-9-4-2-3-5-10(9)12(18)19/h9-10H,2-7H2,1H3,(H,18,19)(H2,14,15,20). The number of aliphatic carboxylic acids is 1. The van der Waals surface area contributed by atoms with E-state index >= 15 is 0 Å². The zero-order valence-electron chi connectivity index (χ0n) is 12.0. The van der Waals surface area contributed by atoms with Gasteiger partial charge in [-0.25, -0.2) is 4.79 Å². The van der Waals surface area contributed by atoms with Gasteiger partial charge in [0.15, 0.2) is 5.82 Å². The third-order valence-corrected chi connectivity index (χ3v) is 3.73. The summed E-state index contributed by atoms with van der Waals surface area (Å²) in [7, 11) is 0. The van der Waals surface area contributed by atoms with Gasteiger partial charge in [-0.3, -0.25) is 4.79 Å². The Labute approximate surface area is 122 Å². The highest BCUT2D eigenvalue weighted by atomic mass is 16.5. The van der Waals surface area contributed by atoms with Crippen molar-refractivity contribution >= 4 is 12.0 Å². The van der Waals surface area contributed by atoms with Crippen LogP contribution in [0.4, 0.5) is 4.79 Å². The largest absolute Gasteiger partial charge is 0.481 e. The molecule has 1 fully saturated rings. The Hall–Kier alpha value is -2.12. The number of aromatic nitrogens is 2. The number of carbonyl (C=O) groups is 2. The molecule has 1 saturated carbocycles. The molecule has 8 heteroatoms. The monoisotopic (exact) mass is 296 g/mol. The Morgan fingerprint density at radius 2 is 2.10 bits per heavy atom. The molecule has 0 radical (unpaired) electrons. The molecule has 3 N–H and O–H groups in total. The number of urea groups is 1. The lowest BCUT2D eigenvalue weighted by atomic mass is 9.79. The average Bonchev–Trinajstić information content (AvgIpc) is 2.88. The molecule has 0 bridgehead atoms. The number of carboxylic acid groups (broad SMARTS) is 1. The molecular formula is C13H20N4O4. The number of rotatable bonds is 5. The summed E-state index contributed by atoms with van der Waals surface area (Å²) in [5.74, 6) is -0.292. The van der Waals surface area contributed by atoms with Crippen LogP contribution >= 0.6 is 0 Å². The highest BCUT2D eigenvalue weighted by molar-refractivity contribution is 5.74. The van der Waals surface area contributed by atoms with Crippen LogP contribution in [-0.4, -0.2) is 33.8 Å². The van der Waals surface area contributed by atoms with Gasteiger partial charge >= 0.3 is 12.0 Å². The molecule has 2 atom stereocenters. The molecule has 1 aliphatic rings.